The summed E-state index contributed by atoms with van der Waals surface area (Å²) in [5.74, 6) is 0.904. The molecule has 8 aliphatic rings. The van der Waals surface area contributed by atoms with Crippen molar-refractivity contribution < 1.29 is 38.2 Å². The van der Waals surface area contributed by atoms with Crippen molar-refractivity contribution in [2.75, 3.05) is 0 Å². The lowest BCUT2D eigenvalue weighted by Gasteiger charge is -2.61. The second-order valence-electron chi connectivity index (χ2n) is 20.9. The highest BCUT2D eigenvalue weighted by atomic mass is 16.6. The smallest absolute Gasteiger partial charge is 0.303 e. The maximum Gasteiger partial charge on any atom is 0.303 e. The molecule has 56 heavy (non-hydrogen) atoms. The summed E-state index contributed by atoms with van der Waals surface area (Å²) in [7, 11) is 0. The molecule has 8 heteroatoms. The number of fused-ring (bicyclic) bond motifs is 10. The molecule has 8 nitrogen and oxygen atoms in total. The van der Waals surface area contributed by atoms with Crippen molar-refractivity contribution in [3.8, 4) is 0 Å². The highest BCUT2D eigenvalue weighted by Crippen LogP contribution is 2.72. The summed E-state index contributed by atoms with van der Waals surface area (Å²) in [6.45, 7) is 19.7. The van der Waals surface area contributed by atoms with E-state index < -0.39 is 34.0 Å². The van der Waals surface area contributed by atoms with Gasteiger partial charge in [-0.3, -0.25) is 28.8 Å². The fraction of sp³-hybridized carbons (Fsp3) is 0.750. The topological polar surface area (TPSA) is 121 Å². The Bertz CT molecular complexity index is 1890. The van der Waals surface area contributed by atoms with E-state index in [1.54, 1.807) is 13.8 Å². The number of esters is 2. The van der Waals surface area contributed by atoms with Gasteiger partial charge >= 0.3 is 11.9 Å². The average Bonchev–Trinajstić information content (AvgIpc) is 3.58. The van der Waals surface area contributed by atoms with Gasteiger partial charge in [0.1, 0.15) is 0 Å². The molecule has 6 saturated carbocycles. The zero-order valence-corrected chi connectivity index (χ0v) is 35.1. The number of ketones is 4. The van der Waals surface area contributed by atoms with Crippen molar-refractivity contribution >= 4 is 35.1 Å². The molecule has 0 amide bonds. The van der Waals surface area contributed by atoms with Gasteiger partial charge in [0, 0.05) is 37.0 Å². The van der Waals surface area contributed by atoms with Crippen LogP contribution in [0.4, 0.5) is 0 Å². The van der Waals surface area contributed by atoms with E-state index in [0.29, 0.717) is 43.4 Å². The maximum atomic E-state index is 14.4. The first-order valence-corrected chi connectivity index (χ1v) is 21.8. The third-order valence-electron chi connectivity index (χ3n) is 18.8. The molecule has 0 saturated heterocycles. The molecule has 0 spiro atoms. The molecule has 0 aromatic carbocycles. The van der Waals surface area contributed by atoms with Crippen LogP contribution in [0.1, 0.15) is 145 Å². The van der Waals surface area contributed by atoms with Crippen LogP contribution >= 0.6 is 0 Å². The van der Waals surface area contributed by atoms with Crippen molar-refractivity contribution in [3.63, 3.8) is 0 Å². The van der Waals surface area contributed by atoms with Gasteiger partial charge < -0.3 is 9.47 Å². The second-order valence-corrected chi connectivity index (χ2v) is 20.9. The largest absolute Gasteiger partial charge is 0.451 e. The van der Waals surface area contributed by atoms with Crippen molar-refractivity contribution in [1.82, 2.24) is 0 Å². The van der Waals surface area contributed by atoms with E-state index in [9.17, 15) is 28.8 Å². The standard InChI is InChI=1S/C48H64O8/c1-26-20-34-37(12-17-45(8)38(34)13-18-47(45,27(2)49)55-29(4)51)44(7)25-32(42(54)24-40(26)44)21-31-22-35-36(43(6)15-10-33(53)23-41(31)43)11-16-46(9)39(35)14-19-48(46,28(3)50)56-30(5)52/h23-24,31-32,34-39H,1,10-22,25H2,2-9H3/t31?,32?,34-,35-,36+,37+,38+,39+,43-,44-,45+,46+,47+,48+/m1/s1. The van der Waals surface area contributed by atoms with Crippen molar-refractivity contribution in [2.24, 2.45) is 69.0 Å². The molecule has 0 aromatic heterocycles. The number of allylic oxidation sites excluding steroid dienone is 3. The van der Waals surface area contributed by atoms with Gasteiger partial charge in [0.2, 0.25) is 0 Å². The Morgan fingerprint density at radius 3 is 1.73 bits per heavy atom. The number of ether oxygens (including phenoxy) is 2. The first-order chi connectivity index (χ1) is 26.2. The Morgan fingerprint density at radius 1 is 0.679 bits per heavy atom. The summed E-state index contributed by atoms with van der Waals surface area (Å²) in [4.78, 5) is 79.3. The summed E-state index contributed by atoms with van der Waals surface area (Å²) in [6.07, 6.45) is 14.4. The molecule has 0 radical (unpaired) electrons. The van der Waals surface area contributed by atoms with E-state index in [2.05, 4.69) is 34.3 Å². The van der Waals surface area contributed by atoms with E-state index in [1.165, 1.54) is 19.4 Å². The lowest BCUT2D eigenvalue weighted by Crippen LogP contribution is -2.59. The minimum Gasteiger partial charge on any atom is -0.451 e. The van der Waals surface area contributed by atoms with Crippen LogP contribution in [-0.4, -0.2) is 46.3 Å². The van der Waals surface area contributed by atoms with Crippen LogP contribution in [0.25, 0.3) is 0 Å². The van der Waals surface area contributed by atoms with E-state index in [4.69, 9.17) is 9.47 Å². The lowest BCUT2D eigenvalue weighted by atomic mass is 9.43. The third kappa shape index (κ3) is 5.20. The van der Waals surface area contributed by atoms with Gasteiger partial charge in [-0.25, -0.2) is 0 Å². The first kappa shape index (κ1) is 39.7. The fourth-order valence-electron chi connectivity index (χ4n) is 16.4. The Kier molecular flexibility index (Phi) is 9.15. The number of carbonyl (C=O) groups excluding carboxylic acids is 6. The zero-order valence-electron chi connectivity index (χ0n) is 35.1. The van der Waals surface area contributed by atoms with Crippen LogP contribution in [0.3, 0.4) is 0 Å². The van der Waals surface area contributed by atoms with Crippen molar-refractivity contribution in [1.29, 1.82) is 0 Å². The third-order valence-corrected chi connectivity index (χ3v) is 18.8. The SMILES string of the molecule is C=C1C[C@@H]2[C@H](CC[C@@]3(C)[C@H]2CC[C@]3(OC(C)=O)C(C)=O)[C@@]2(C)CC(CC3C[C@@H]4[C@H](CC[C@@]5(C)[C@H]4CC[C@]5(OC(C)=O)C(C)=O)[C@@]4(C)CCC(=O)C=C34)C(=O)C=C12. The van der Waals surface area contributed by atoms with E-state index in [-0.39, 0.29) is 63.6 Å². The van der Waals surface area contributed by atoms with Gasteiger partial charge in [-0.2, -0.15) is 0 Å². The Morgan fingerprint density at radius 2 is 1.20 bits per heavy atom. The van der Waals surface area contributed by atoms with Gasteiger partial charge in [0.25, 0.3) is 0 Å². The van der Waals surface area contributed by atoms with E-state index in [0.717, 1.165) is 75.4 Å². The number of carbonyl (C=O) groups is 6. The van der Waals surface area contributed by atoms with Crippen LogP contribution in [-0.2, 0) is 38.2 Å². The minimum absolute atomic E-state index is 0.0615. The molecule has 0 bridgehead atoms. The molecule has 2 unspecified atom stereocenters. The monoisotopic (exact) mass is 768 g/mol. The summed E-state index contributed by atoms with van der Waals surface area (Å²) in [5.41, 5.74) is -0.219. The second kappa shape index (κ2) is 12.9. The highest BCUT2D eigenvalue weighted by Gasteiger charge is 2.70. The van der Waals surface area contributed by atoms with E-state index in [1.807, 2.05) is 12.2 Å². The molecule has 0 N–H and O–H groups in total. The van der Waals surface area contributed by atoms with Crippen molar-refractivity contribution in [2.45, 2.75) is 156 Å². The quantitative estimate of drug-likeness (QED) is 0.246. The first-order valence-electron chi connectivity index (χ1n) is 21.8. The predicted octanol–water partition coefficient (Wildman–Crippen LogP) is 8.84. The Balaban J connectivity index is 1.11. The normalized spacial score (nSPS) is 47.8. The fourth-order valence-corrected chi connectivity index (χ4v) is 16.4. The Hall–Kier alpha value is -3.16. The summed E-state index contributed by atoms with van der Waals surface area (Å²) < 4.78 is 12.1. The molecular formula is C48H64O8. The molecule has 304 valence electrons. The van der Waals surface area contributed by atoms with Gasteiger partial charge in [0.15, 0.2) is 34.3 Å². The molecule has 8 aliphatic carbocycles. The predicted molar refractivity (Wildman–Crippen MR) is 211 cm³/mol. The number of Topliss-reactive ketones (excluding diaryl/α,β-unsaturated/α-hetero) is 2. The molecule has 0 aliphatic heterocycles. The van der Waals surface area contributed by atoms with E-state index >= 15 is 0 Å². The van der Waals surface area contributed by atoms with Crippen LogP contribution in [0, 0.1) is 69.0 Å². The van der Waals surface area contributed by atoms with Crippen molar-refractivity contribution in [3.05, 3.63) is 35.5 Å². The lowest BCUT2D eigenvalue weighted by molar-refractivity contribution is -0.188. The van der Waals surface area contributed by atoms with Crippen LogP contribution in [0.2, 0.25) is 0 Å². The number of hydrogen-bond donors (Lipinski definition) is 0. The molecular weight excluding hydrogens is 705 g/mol. The van der Waals surface area contributed by atoms with Gasteiger partial charge in [0.05, 0.1) is 0 Å². The average molecular weight is 769 g/mol. The summed E-state index contributed by atoms with van der Waals surface area (Å²) in [5, 5.41) is 0. The van der Waals surface area contributed by atoms with Gasteiger partial charge in [-0.05, 0) is 167 Å². The number of rotatable bonds is 6. The molecule has 14 atom stereocenters. The molecule has 0 heterocycles. The van der Waals surface area contributed by atoms with Crippen LogP contribution < -0.4 is 0 Å². The van der Waals surface area contributed by atoms with Gasteiger partial charge in [-0.1, -0.05) is 45.4 Å². The molecule has 6 fully saturated rings. The van der Waals surface area contributed by atoms with Gasteiger partial charge in [-0.15, -0.1) is 0 Å². The van der Waals surface area contributed by atoms with Crippen LogP contribution in [0.5, 0.6) is 0 Å². The minimum atomic E-state index is -1.11. The number of hydrogen-bond acceptors (Lipinski definition) is 8. The Labute approximate surface area is 333 Å². The van der Waals surface area contributed by atoms with Crippen LogP contribution in [0.15, 0.2) is 35.5 Å². The molecule has 0 aromatic rings. The molecule has 8 rings (SSSR count). The summed E-state index contributed by atoms with van der Waals surface area (Å²) in [6, 6.07) is 0. The maximum absolute atomic E-state index is 14.4. The summed E-state index contributed by atoms with van der Waals surface area (Å²) >= 11 is 0. The zero-order chi connectivity index (χ0) is 40.5. The highest BCUT2D eigenvalue weighted by molar-refractivity contribution is 5.95.